The minimum absolute atomic E-state index is 0.0187. The predicted octanol–water partition coefficient (Wildman–Crippen LogP) is 4.66. The number of anilines is 1. The number of benzene rings is 2. The molecule has 0 radical (unpaired) electrons. The van der Waals surface area contributed by atoms with Gasteiger partial charge in [-0.05, 0) is 42.5 Å². The Morgan fingerprint density at radius 1 is 1.24 bits per heavy atom. The molecule has 0 bridgehead atoms. The second-order valence-corrected chi connectivity index (χ2v) is 5.48. The van der Waals surface area contributed by atoms with E-state index in [9.17, 15) is 4.79 Å². The quantitative estimate of drug-likeness (QED) is 0.774. The number of carbonyl (C=O) groups is 1. The number of hydrogen-bond acceptors (Lipinski definition) is 3. The second-order valence-electron chi connectivity index (χ2n) is 4.57. The minimum Gasteiger partial charge on any atom is -0.497 e. The van der Waals surface area contributed by atoms with E-state index in [0.29, 0.717) is 11.3 Å². The van der Waals surface area contributed by atoms with Gasteiger partial charge in [0.1, 0.15) is 5.75 Å². The van der Waals surface area contributed by atoms with Gasteiger partial charge in [0.25, 0.3) is 0 Å². The van der Waals surface area contributed by atoms with Crippen molar-refractivity contribution in [1.29, 1.82) is 0 Å². The Morgan fingerprint density at radius 2 is 1.95 bits per heavy atom. The van der Waals surface area contributed by atoms with Gasteiger partial charge < -0.3 is 10.1 Å². The van der Waals surface area contributed by atoms with Gasteiger partial charge in [-0.15, -0.1) is 0 Å². The van der Waals surface area contributed by atoms with E-state index in [1.165, 1.54) is 0 Å². The van der Waals surface area contributed by atoms with Crippen LogP contribution in [0.2, 0.25) is 0 Å². The van der Waals surface area contributed by atoms with Gasteiger partial charge in [-0.25, -0.2) is 0 Å². The molecule has 0 heterocycles. The minimum atomic E-state index is 0.0187. The van der Waals surface area contributed by atoms with E-state index >= 15 is 0 Å². The van der Waals surface area contributed by atoms with Gasteiger partial charge in [-0.1, -0.05) is 28.6 Å². The summed E-state index contributed by atoms with van der Waals surface area (Å²) in [6.07, 6.45) is 0.249. The number of rotatable bonds is 6. The van der Waals surface area contributed by atoms with Crippen LogP contribution < -0.4 is 10.1 Å². The Morgan fingerprint density at radius 3 is 2.57 bits per heavy atom. The Bertz CT molecular complexity index is 650. The Balaban J connectivity index is 1.96. The normalized spacial score (nSPS) is 10.0. The molecule has 0 fully saturated rings. The highest BCUT2D eigenvalue weighted by molar-refractivity contribution is 9.10. The standard InChI is InChI=1S/C17H16BrNO2/c1-12(19-15-5-3-4-14(18)11-15)10-17(20)13-6-8-16(21-2)9-7-13/h3-9,11,19H,1,10H2,2H3. The van der Waals surface area contributed by atoms with Crippen LogP contribution in [0.5, 0.6) is 5.75 Å². The number of carbonyl (C=O) groups excluding carboxylic acids is 1. The number of methoxy groups -OCH3 is 1. The maximum Gasteiger partial charge on any atom is 0.168 e. The van der Waals surface area contributed by atoms with E-state index in [1.807, 2.05) is 24.3 Å². The maximum atomic E-state index is 12.2. The molecule has 0 unspecified atom stereocenters. The largest absolute Gasteiger partial charge is 0.497 e. The fourth-order valence-corrected chi connectivity index (χ4v) is 2.29. The van der Waals surface area contributed by atoms with Gasteiger partial charge in [0, 0.05) is 21.4 Å². The summed E-state index contributed by atoms with van der Waals surface area (Å²) in [7, 11) is 1.60. The smallest absolute Gasteiger partial charge is 0.168 e. The van der Waals surface area contributed by atoms with Crippen LogP contribution in [0.4, 0.5) is 5.69 Å². The summed E-state index contributed by atoms with van der Waals surface area (Å²) in [4.78, 5) is 12.2. The van der Waals surface area contributed by atoms with Gasteiger partial charge in [0.15, 0.2) is 5.78 Å². The summed E-state index contributed by atoms with van der Waals surface area (Å²) < 4.78 is 6.05. The third-order valence-electron chi connectivity index (χ3n) is 2.93. The molecule has 21 heavy (non-hydrogen) atoms. The van der Waals surface area contributed by atoms with Crippen molar-refractivity contribution in [3.63, 3.8) is 0 Å². The average molecular weight is 346 g/mol. The first kappa shape index (κ1) is 15.3. The lowest BCUT2D eigenvalue weighted by Gasteiger charge is -2.09. The van der Waals surface area contributed by atoms with Crippen LogP contribution in [-0.4, -0.2) is 12.9 Å². The summed E-state index contributed by atoms with van der Waals surface area (Å²) in [6.45, 7) is 3.91. The first-order valence-corrected chi connectivity index (χ1v) is 7.25. The maximum absolute atomic E-state index is 12.2. The lowest BCUT2D eigenvalue weighted by atomic mass is 10.1. The zero-order chi connectivity index (χ0) is 15.2. The molecule has 0 aliphatic heterocycles. The van der Waals surface area contributed by atoms with Crippen molar-refractivity contribution in [1.82, 2.24) is 0 Å². The van der Waals surface area contributed by atoms with Crippen LogP contribution in [0, 0.1) is 0 Å². The third kappa shape index (κ3) is 4.46. The van der Waals surface area contributed by atoms with Crippen molar-refractivity contribution in [3.05, 3.63) is 70.8 Å². The third-order valence-corrected chi connectivity index (χ3v) is 3.42. The van der Waals surface area contributed by atoms with Crippen molar-refractivity contribution in [2.75, 3.05) is 12.4 Å². The molecule has 0 amide bonds. The first-order chi connectivity index (χ1) is 10.1. The first-order valence-electron chi connectivity index (χ1n) is 6.46. The summed E-state index contributed by atoms with van der Waals surface area (Å²) in [5, 5.41) is 3.14. The Hall–Kier alpha value is -2.07. The lowest BCUT2D eigenvalue weighted by Crippen LogP contribution is -2.06. The monoisotopic (exact) mass is 345 g/mol. The number of ketones is 1. The van der Waals surface area contributed by atoms with Gasteiger partial charge in [0.2, 0.25) is 0 Å². The lowest BCUT2D eigenvalue weighted by molar-refractivity contribution is 0.0993. The van der Waals surface area contributed by atoms with E-state index in [1.54, 1.807) is 31.4 Å². The van der Waals surface area contributed by atoms with Crippen molar-refractivity contribution in [2.45, 2.75) is 6.42 Å². The van der Waals surface area contributed by atoms with E-state index < -0.39 is 0 Å². The molecule has 0 spiro atoms. The number of nitrogens with one attached hydrogen (secondary N) is 1. The molecule has 0 saturated carbocycles. The molecule has 108 valence electrons. The Labute approximate surface area is 132 Å². The van der Waals surface area contributed by atoms with E-state index in [2.05, 4.69) is 27.8 Å². The van der Waals surface area contributed by atoms with E-state index in [-0.39, 0.29) is 12.2 Å². The molecule has 4 heteroatoms. The number of Topliss-reactive ketones (excluding diaryl/α,β-unsaturated/α-hetero) is 1. The summed E-state index contributed by atoms with van der Waals surface area (Å²) in [6, 6.07) is 14.8. The molecule has 0 aromatic heterocycles. The fourth-order valence-electron chi connectivity index (χ4n) is 1.89. The van der Waals surface area contributed by atoms with E-state index in [4.69, 9.17) is 4.74 Å². The highest BCUT2D eigenvalue weighted by Gasteiger charge is 2.08. The molecule has 0 aliphatic carbocycles. The highest BCUT2D eigenvalue weighted by atomic mass is 79.9. The number of allylic oxidation sites excluding steroid dienone is 1. The van der Waals surface area contributed by atoms with Crippen molar-refractivity contribution in [2.24, 2.45) is 0 Å². The zero-order valence-electron chi connectivity index (χ0n) is 11.7. The van der Waals surface area contributed by atoms with Crippen molar-refractivity contribution in [3.8, 4) is 5.75 Å². The predicted molar refractivity (Wildman–Crippen MR) is 88.8 cm³/mol. The van der Waals surface area contributed by atoms with Crippen molar-refractivity contribution < 1.29 is 9.53 Å². The van der Waals surface area contributed by atoms with E-state index in [0.717, 1.165) is 15.9 Å². The van der Waals surface area contributed by atoms with Gasteiger partial charge in [-0.3, -0.25) is 4.79 Å². The zero-order valence-corrected chi connectivity index (χ0v) is 13.3. The van der Waals surface area contributed by atoms with Gasteiger partial charge >= 0.3 is 0 Å². The second kappa shape index (κ2) is 7.09. The number of halogens is 1. The van der Waals surface area contributed by atoms with Crippen LogP contribution >= 0.6 is 15.9 Å². The highest BCUT2D eigenvalue weighted by Crippen LogP contribution is 2.19. The van der Waals surface area contributed by atoms with Gasteiger partial charge in [0.05, 0.1) is 13.5 Å². The van der Waals surface area contributed by atoms with Crippen LogP contribution in [0.1, 0.15) is 16.8 Å². The molecular weight excluding hydrogens is 330 g/mol. The number of ether oxygens (including phenoxy) is 1. The molecular formula is C17H16BrNO2. The summed E-state index contributed by atoms with van der Waals surface area (Å²) in [5.74, 6) is 0.753. The molecule has 1 N–H and O–H groups in total. The molecule has 2 rings (SSSR count). The van der Waals surface area contributed by atoms with Crippen LogP contribution in [0.15, 0.2) is 65.3 Å². The molecule has 0 saturated heterocycles. The fraction of sp³-hybridized carbons (Fsp3) is 0.118. The topological polar surface area (TPSA) is 38.3 Å². The van der Waals surface area contributed by atoms with Crippen LogP contribution in [-0.2, 0) is 0 Å². The SMILES string of the molecule is C=C(CC(=O)c1ccc(OC)cc1)Nc1cccc(Br)c1. The van der Waals surface area contributed by atoms with Crippen molar-refractivity contribution >= 4 is 27.4 Å². The van der Waals surface area contributed by atoms with Crippen LogP contribution in [0.3, 0.4) is 0 Å². The summed E-state index contributed by atoms with van der Waals surface area (Å²) >= 11 is 3.40. The van der Waals surface area contributed by atoms with Gasteiger partial charge in [-0.2, -0.15) is 0 Å². The Kier molecular flexibility index (Phi) is 5.17. The molecule has 2 aromatic rings. The van der Waals surface area contributed by atoms with Crippen LogP contribution in [0.25, 0.3) is 0 Å². The average Bonchev–Trinajstić information content (AvgIpc) is 2.47. The molecule has 0 aliphatic rings. The molecule has 3 nitrogen and oxygen atoms in total. The summed E-state index contributed by atoms with van der Waals surface area (Å²) in [5.41, 5.74) is 2.21. The number of hydrogen-bond donors (Lipinski definition) is 1. The molecule has 0 atom stereocenters. The molecule has 2 aromatic carbocycles.